The van der Waals surface area contributed by atoms with Crippen molar-refractivity contribution in [2.75, 3.05) is 12.3 Å². The third kappa shape index (κ3) is 1.54. The number of fused-ring (bicyclic) bond motifs is 3. The van der Waals surface area contributed by atoms with E-state index in [0.29, 0.717) is 11.3 Å². The van der Waals surface area contributed by atoms with Crippen LogP contribution < -0.4 is 5.73 Å². The largest absolute Gasteiger partial charge is 0.454 e. The molecule has 0 saturated heterocycles. The summed E-state index contributed by atoms with van der Waals surface area (Å²) in [7, 11) is 0. The summed E-state index contributed by atoms with van der Waals surface area (Å²) < 4.78 is 5.70. The number of rotatable bonds is 2. The zero-order valence-electron chi connectivity index (χ0n) is 10.1. The van der Waals surface area contributed by atoms with Crippen molar-refractivity contribution >= 4 is 27.8 Å². The Balaban J connectivity index is 2.35. The average Bonchev–Trinajstić information content (AvgIpc) is 2.74. The quantitative estimate of drug-likeness (QED) is 0.724. The van der Waals surface area contributed by atoms with Crippen molar-refractivity contribution in [2.45, 2.75) is 12.8 Å². The molecule has 1 unspecified atom stereocenters. The molecule has 0 aliphatic heterocycles. The summed E-state index contributed by atoms with van der Waals surface area (Å²) in [6.07, 6.45) is 0. The van der Waals surface area contributed by atoms with Crippen molar-refractivity contribution in [3.63, 3.8) is 0 Å². The molecule has 1 atom stereocenters. The fourth-order valence-corrected chi connectivity index (χ4v) is 2.15. The van der Waals surface area contributed by atoms with Crippen LogP contribution in [-0.4, -0.2) is 16.7 Å². The van der Waals surface area contributed by atoms with E-state index in [1.807, 2.05) is 31.2 Å². The van der Waals surface area contributed by atoms with E-state index >= 15 is 0 Å². The van der Waals surface area contributed by atoms with Gasteiger partial charge in [-0.2, -0.15) is 0 Å². The molecule has 3 rings (SSSR count). The van der Waals surface area contributed by atoms with Crippen LogP contribution in [0.4, 0.5) is 5.69 Å². The number of nitrogens with zero attached hydrogens (tertiary/aromatic N) is 1. The van der Waals surface area contributed by atoms with Gasteiger partial charge in [0.05, 0.1) is 18.0 Å². The minimum Gasteiger partial charge on any atom is -0.454 e. The average molecular weight is 242 g/mol. The molecule has 3 N–H and O–H groups in total. The van der Waals surface area contributed by atoms with Gasteiger partial charge in [-0.05, 0) is 12.1 Å². The molecule has 18 heavy (non-hydrogen) atoms. The topological polar surface area (TPSA) is 72.3 Å². The van der Waals surface area contributed by atoms with Crippen LogP contribution in [0.15, 0.2) is 34.7 Å². The standard InChI is InChI=1S/C14H14N2O2/c1-8(7-17)13-10(15)6-12-14(16-13)9-4-2-3-5-11(9)18-12/h2-6,8,17H,7,15H2,1H3. The van der Waals surface area contributed by atoms with Gasteiger partial charge in [-0.3, -0.25) is 0 Å². The van der Waals surface area contributed by atoms with Crippen LogP contribution >= 0.6 is 0 Å². The van der Waals surface area contributed by atoms with Crippen molar-refractivity contribution in [1.29, 1.82) is 0 Å². The molecule has 1 aromatic carbocycles. The molecule has 92 valence electrons. The summed E-state index contributed by atoms with van der Waals surface area (Å²) in [6, 6.07) is 9.53. The van der Waals surface area contributed by atoms with Gasteiger partial charge in [0.1, 0.15) is 11.1 Å². The van der Waals surface area contributed by atoms with Gasteiger partial charge in [-0.25, -0.2) is 4.98 Å². The molecule has 4 heteroatoms. The zero-order chi connectivity index (χ0) is 12.7. The Labute approximate surface area is 104 Å². The molecular weight excluding hydrogens is 228 g/mol. The fourth-order valence-electron chi connectivity index (χ4n) is 2.15. The lowest BCUT2D eigenvalue weighted by atomic mass is 10.1. The summed E-state index contributed by atoms with van der Waals surface area (Å²) in [6.45, 7) is 1.92. The predicted molar refractivity (Wildman–Crippen MR) is 71.4 cm³/mol. The van der Waals surface area contributed by atoms with Crippen LogP contribution in [0.3, 0.4) is 0 Å². The molecule has 2 aromatic heterocycles. The van der Waals surface area contributed by atoms with Crippen LogP contribution in [-0.2, 0) is 0 Å². The fraction of sp³-hybridized carbons (Fsp3) is 0.214. The van der Waals surface area contributed by atoms with Crippen LogP contribution in [0.5, 0.6) is 0 Å². The van der Waals surface area contributed by atoms with E-state index in [4.69, 9.17) is 10.2 Å². The second kappa shape index (κ2) is 3.99. The van der Waals surface area contributed by atoms with E-state index in [0.717, 1.165) is 22.2 Å². The van der Waals surface area contributed by atoms with Gasteiger partial charge in [-0.15, -0.1) is 0 Å². The first kappa shape index (κ1) is 11.0. The smallest absolute Gasteiger partial charge is 0.155 e. The normalized spacial score (nSPS) is 13.2. The summed E-state index contributed by atoms with van der Waals surface area (Å²) >= 11 is 0. The summed E-state index contributed by atoms with van der Waals surface area (Å²) in [5.74, 6) is -0.0805. The summed E-state index contributed by atoms with van der Waals surface area (Å²) in [5.41, 5.74) is 9.51. The highest BCUT2D eigenvalue weighted by molar-refractivity contribution is 6.03. The predicted octanol–water partition coefficient (Wildman–Crippen LogP) is 2.66. The molecule has 0 spiro atoms. The lowest BCUT2D eigenvalue weighted by molar-refractivity contribution is 0.271. The van der Waals surface area contributed by atoms with E-state index < -0.39 is 0 Å². The molecule has 0 amide bonds. The molecule has 0 aliphatic rings. The molecule has 0 radical (unpaired) electrons. The number of furan rings is 1. The van der Waals surface area contributed by atoms with E-state index in [2.05, 4.69) is 4.98 Å². The number of aliphatic hydroxyl groups excluding tert-OH is 1. The lowest BCUT2D eigenvalue weighted by Gasteiger charge is -2.09. The zero-order valence-corrected chi connectivity index (χ0v) is 10.1. The van der Waals surface area contributed by atoms with Crippen molar-refractivity contribution < 1.29 is 9.52 Å². The van der Waals surface area contributed by atoms with Gasteiger partial charge in [0, 0.05) is 17.4 Å². The van der Waals surface area contributed by atoms with Gasteiger partial charge < -0.3 is 15.3 Å². The Morgan fingerprint density at radius 3 is 2.89 bits per heavy atom. The monoisotopic (exact) mass is 242 g/mol. The van der Waals surface area contributed by atoms with E-state index in [-0.39, 0.29) is 12.5 Å². The number of nitrogens with two attached hydrogens (primary N) is 1. The Morgan fingerprint density at radius 2 is 2.11 bits per heavy atom. The number of aliphatic hydroxyl groups is 1. The number of hydrogen-bond donors (Lipinski definition) is 2. The third-order valence-corrected chi connectivity index (χ3v) is 3.15. The number of nitrogen functional groups attached to an aromatic ring is 1. The Bertz CT molecular complexity index is 718. The van der Waals surface area contributed by atoms with Crippen molar-refractivity contribution in [3.8, 4) is 0 Å². The second-order valence-corrected chi connectivity index (χ2v) is 4.49. The third-order valence-electron chi connectivity index (χ3n) is 3.15. The molecule has 0 bridgehead atoms. The van der Waals surface area contributed by atoms with Crippen LogP contribution in [0, 0.1) is 0 Å². The molecule has 3 aromatic rings. The van der Waals surface area contributed by atoms with Crippen LogP contribution in [0.1, 0.15) is 18.5 Å². The van der Waals surface area contributed by atoms with E-state index in [1.165, 1.54) is 0 Å². The van der Waals surface area contributed by atoms with E-state index in [1.54, 1.807) is 6.07 Å². The molecule has 0 saturated carbocycles. The maximum Gasteiger partial charge on any atom is 0.155 e. The van der Waals surface area contributed by atoms with Gasteiger partial charge in [0.25, 0.3) is 0 Å². The van der Waals surface area contributed by atoms with Gasteiger partial charge in [0.2, 0.25) is 0 Å². The number of anilines is 1. The summed E-state index contributed by atoms with van der Waals surface area (Å²) in [4.78, 5) is 4.55. The maximum absolute atomic E-state index is 9.23. The number of benzene rings is 1. The second-order valence-electron chi connectivity index (χ2n) is 4.49. The number of pyridine rings is 1. The first-order valence-corrected chi connectivity index (χ1v) is 5.89. The molecule has 4 nitrogen and oxygen atoms in total. The SMILES string of the molecule is CC(CO)c1nc2c(cc1N)oc1ccccc12. The van der Waals surface area contributed by atoms with Gasteiger partial charge in [-0.1, -0.05) is 19.1 Å². The van der Waals surface area contributed by atoms with Crippen molar-refractivity contribution in [3.05, 3.63) is 36.0 Å². The number of aromatic nitrogens is 1. The molecule has 0 aliphatic carbocycles. The Kier molecular flexibility index (Phi) is 2.45. The summed E-state index contributed by atoms with van der Waals surface area (Å²) in [5, 5.41) is 10.2. The number of hydrogen-bond acceptors (Lipinski definition) is 4. The Morgan fingerprint density at radius 1 is 1.33 bits per heavy atom. The van der Waals surface area contributed by atoms with Crippen molar-refractivity contribution in [1.82, 2.24) is 4.98 Å². The molecular formula is C14H14N2O2. The molecule has 0 fully saturated rings. The highest BCUT2D eigenvalue weighted by Crippen LogP contribution is 2.31. The van der Waals surface area contributed by atoms with Gasteiger partial charge >= 0.3 is 0 Å². The molecule has 2 heterocycles. The van der Waals surface area contributed by atoms with E-state index in [9.17, 15) is 5.11 Å². The number of para-hydroxylation sites is 1. The highest BCUT2D eigenvalue weighted by Gasteiger charge is 2.15. The first-order chi connectivity index (χ1) is 8.70. The Hall–Kier alpha value is -2.07. The highest BCUT2D eigenvalue weighted by atomic mass is 16.3. The van der Waals surface area contributed by atoms with Crippen LogP contribution in [0.25, 0.3) is 22.1 Å². The maximum atomic E-state index is 9.23. The van der Waals surface area contributed by atoms with Crippen molar-refractivity contribution in [2.24, 2.45) is 0 Å². The van der Waals surface area contributed by atoms with Crippen LogP contribution in [0.2, 0.25) is 0 Å². The minimum absolute atomic E-state index is 0.0263. The van der Waals surface area contributed by atoms with Gasteiger partial charge in [0.15, 0.2) is 5.58 Å². The lowest BCUT2D eigenvalue weighted by Crippen LogP contribution is -2.05. The first-order valence-electron chi connectivity index (χ1n) is 5.89. The minimum atomic E-state index is -0.0805.